The Balaban J connectivity index is 0.907. The van der Waals surface area contributed by atoms with Crippen LogP contribution in [0.3, 0.4) is 0 Å². The Morgan fingerprint density at radius 2 is 1.02 bits per heavy atom. The van der Waals surface area contributed by atoms with Crippen LogP contribution in [-0.2, 0) is 11.8 Å². The van der Waals surface area contributed by atoms with Crippen LogP contribution >= 0.6 is 0 Å². The number of hydrogen-bond acceptors (Lipinski definition) is 2. The molecule has 0 saturated carbocycles. The minimum Gasteiger partial charge on any atom is -0.310 e. The highest BCUT2D eigenvalue weighted by Gasteiger charge is 2.39. The molecule has 2 heterocycles. The van der Waals surface area contributed by atoms with Crippen molar-refractivity contribution in [3.05, 3.63) is 277 Å². The lowest BCUT2D eigenvalue weighted by molar-refractivity contribution is 0.661. The minimum atomic E-state index is -0.362. The molecule has 0 atom stereocenters. The molecule has 0 bridgehead atoms. The highest BCUT2D eigenvalue weighted by molar-refractivity contribution is 6.30. The van der Waals surface area contributed by atoms with Gasteiger partial charge in [0.2, 0.25) is 5.95 Å². The fourth-order valence-corrected chi connectivity index (χ4v) is 15.7. The lowest BCUT2D eigenvalue weighted by atomic mass is 9.80. The number of imidazole rings is 1. The highest BCUT2D eigenvalue weighted by Crippen LogP contribution is 2.57. The molecule has 3 aliphatic rings. The first-order chi connectivity index (χ1) is 41.4. The van der Waals surface area contributed by atoms with Gasteiger partial charge in [-0.15, -0.1) is 0 Å². The molecule has 16 aromatic rings. The van der Waals surface area contributed by atoms with Crippen LogP contribution in [0.2, 0.25) is 0 Å². The standard InChI is InChI=1S/C80H52N4/c1-80(2)68-40-41-72-78(67-45-65-59-29-12-9-25-55(59)56-26-10-13-30-60(56)66(65)46-74(67)84(72)79-81-70-32-14-15-33-71(70)83(79)50-21-4-3-5-22-50)77(68)62-39-37-52(44-69(62)80)82(73-42-49-20-16-18-47-34-35-48-19-17-31-63(73)76(48)75(47)49)51-36-38-61-57-27-7-6-23-53(57)54-24-8-11-28-58(54)64(61)43-51/h3-18,20-33,35-46H,19,34H2,1-2H3. The summed E-state index contributed by atoms with van der Waals surface area (Å²) in [5.74, 6) is 0.865. The average Bonchev–Trinajstić information content (AvgIpc) is 1.62. The summed E-state index contributed by atoms with van der Waals surface area (Å²) in [7, 11) is 0. The van der Waals surface area contributed by atoms with Crippen molar-refractivity contribution in [2.24, 2.45) is 0 Å². The van der Waals surface area contributed by atoms with Gasteiger partial charge in [0, 0.05) is 38.8 Å². The van der Waals surface area contributed by atoms with Gasteiger partial charge in [-0.2, -0.15) is 0 Å². The Morgan fingerprint density at radius 1 is 0.417 bits per heavy atom. The molecule has 0 amide bonds. The number of rotatable bonds is 5. The van der Waals surface area contributed by atoms with Gasteiger partial charge in [-0.3, -0.25) is 9.13 Å². The molecule has 3 aliphatic carbocycles. The maximum Gasteiger partial charge on any atom is 0.220 e. The molecule has 84 heavy (non-hydrogen) atoms. The van der Waals surface area contributed by atoms with E-state index < -0.39 is 0 Å². The molecule has 19 rings (SSSR count). The van der Waals surface area contributed by atoms with Crippen molar-refractivity contribution in [2.45, 2.75) is 32.1 Å². The van der Waals surface area contributed by atoms with E-state index in [1.54, 1.807) is 0 Å². The number of hydrogen-bond donors (Lipinski definition) is 0. The maximum absolute atomic E-state index is 5.60. The lowest BCUT2D eigenvalue weighted by Crippen LogP contribution is -2.17. The van der Waals surface area contributed by atoms with Gasteiger partial charge in [0.05, 0.1) is 27.8 Å². The van der Waals surface area contributed by atoms with Crippen LogP contribution in [-0.4, -0.2) is 14.1 Å². The Morgan fingerprint density at radius 3 is 1.74 bits per heavy atom. The molecule has 0 spiro atoms. The molecular formula is C80H52N4. The van der Waals surface area contributed by atoms with E-state index >= 15 is 0 Å². The van der Waals surface area contributed by atoms with Gasteiger partial charge in [0.1, 0.15) is 0 Å². The van der Waals surface area contributed by atoms with Crippen LogP contribution in [0.25, 0.3) is 143 Å². The molecule has 4 heteroatoms. The quantitative estimate of drug-likeness (QED) is 0.161. The normalized spacial score (nSPS) is 14.1. The smallest absolute Gasteiger partial charge is 0.220 e. The van der Waals surface area contributed by atoms with Crippen LogP contribution in [0.5, 0.6) is 0 Å². The van der Waals surface area contributed by atoms with E-state index in [1.165, 1.54) is 136 Å². The van der Waals surface area contributed by atoms with Gasteiger partial charge in [-0.1, -0.05) is 196 Å². The van der Waals surface area contributed by atoms with E-state index in [0.717, 1.165) is 57.9 Å². The molecule has 0 fully saturated rings. The van der Waals surface area contributed by atoms with Crippen LogP contribution in [0, 0.1) is 0 Å². The third-order valence-electron chi connectivity index (χ3n) is 19.4. The first kappa shape index (κ1) is 46.1. The second-order valence-corrected chi connectivity index (χ2v) is 24.0. The van der Waals surface area contributed by atoms with E-state index in [9.17, 15) is 0 Å². The Labute approximate surface area is 484 Å². The van der Waals surface area contributed by atoms with Crippen LogP contribution < -0.4 is 4.90 Å². The summed E-state index contributed by atoms with van der Waals surface area (Å²) in [6, 6.07) is 88.9. The SMILES string of the molecule is CC1(C)c2cc(N(c3ccc4c5ccccc5c5ccccc5c4c3)c3cc4cccc5c4c4c3C=CCC4=CC5)ccc2-c2c1ccc1c2c2cc3c4ccccc4c4ccccc4c3cc2n1-c1nc2ccccc2n1-c1ccccc1. The van der Waals surface area contributed by atoms with Crippen LogP contribution in [0.4, 0.5) is 17.1 Å². The van der Waals surface area contributed by atoms with Crippen molar-refractivity contribution < 1.29 is 0 Å². The predicted molar refractivity (Wildman–Crippen MR) is 356 cm³/mol. The van der Waals surface area contributed by atoms with E-state index in [2.05, 4.69) is 283 Å². The van der Waals surface area contributed by atoms with E-state index in [4.69, 9.17) is 4.98 Å². The molecule has 4 nitrogen and oxygen atoms in total. The molecule has 0 unspecified atom stereocenters. The third-order valence-corrected chi connectivity index (χ3v) is 19.4. The van der Waals surface area contributed by atoms with Gasteiger partial charge in [0.15, 0.2) is 0 Å². The Kier molecular flexibility index (Phi) is 9.21. The first-order valence-corrected chi connectivity index (χ1v) is 29.6. The van der Waals surface area contributed by atoms with Gasteiger partial charge in [-0.05, 0) is 200 Å². The predicted octanol–water partition coefficient (Wildman–Crippen LogP) is 21.3. The Hall–Kier alpha value is -10.6. The topological polar surface area (TPSA) is 26.0 Å². The van der Waals surface area contributed by atoms with Crippen molar-refractivity contribution in [2.75, 3.05) is 4.90 Å². The fraction of sp³-hybridized carbons (Fsp3) is 0.0625. The second kappa shape index (κ2) is 16.8. The molecule has 2 aromatic heterocycles. The molecule has 0 N–H and O–H groups in total. The number of nitrogens with zero attached hydrogens (tertiary/aromatic N) is 4. The minimum absolute atomic E-state index is 0.362. The first-order valence-electron chi connectivity index (χ1n) is 29.6. The second-order valence-electron chi connectivity index (χ2n) is 24.0. The number of fused-ring (bicyclic) bond motifs is 20. The average molecular weight is 1070 g/mol. The molecular weight excluding hydrogens is 1020 g/mol. The number of aromatic nitrogens is 3. The molecule has 0 aliphatic heterocycles. The highest BCUT2D eigenvalue weighted by atomic mass is 15.2. The third kappa shape index (κ3) is 6.13. The molecule has 0 saturated heterocycles. The van der Waals surface area contributed by atoms with Crippen LogP contribution in [0.15, 0.2) is 249 Å². The van der Waals surface area contributed by atoms with Crippen molar-refractivity contribution in [3.63, 3.8) is 0 Å². The summed E-state index contributed by atoms with van der Waals surface area (Å²) in [5.41, 5.74) is 19.1. The maximum atomic E-state index is 5.60. The summed E-state index contributed by atoms with van der Waals surface area (Å²) in [5, 5.41) is 20.3. The number of anilines is 3. The molecule has 14 aromatic carbocycles. The van der Waals surface area contributed by atoms with E-state index in [1.807, 2.05) is 0 Å². The number of allylic oxidation sites excluding steroid dienone is 3. The van der Waals surface area contributed by atoms with Gasteiger partial charge < -0.3 is 4.90 Å². The number of benzene rings is 14. The van der Waals surface area contributed by atoms with Crippen molar-refractivity contribution in [1.82, 2.24) is 14.1 Å². The van der Waals surface area contributed by atoms with E-state index in [0.29, 0.717) is 0 Å². The van der Waals surface area contributed by atoms with Crippen LogP contribution in [0.1, 0.15) is 48.1 Å². The Bertz CT molecular complexity index is 5670. The van der Waals surface area contributed by atoms with Gasteiger partial charge in [0.25, 0.3) is 0 Å². The summed E-state index contributed by atoms with van der Waals surface area (Å²) in [6.07, 6.45) is 9.16. The zero-order chi connectivity index (χ0) is 55.1. The van der Waals surface area contributed by atoms with Crippen molar-refractivity contribution >= 4 is 137 Å². The molecule has 392 valence electrons. The summed E-state index contributed by atoms with van der Waals surface area (Å²) in [6.45, 7) is 4.89. The summed E-state index contributed by atoms with van der Waals surface area (Å²) in [4.78, 5) is 8.19. The zero-order valence-electron chi connectivity index (χ0n) is 46.5. The van der Waals surface area contributed by atoms with Crippen molar-refractivity contribution in [3.8, 4) is 22.8 Å². The number of para-hydroxylation sites is 3. The summed E-state index contributed by atoms with van der Waals surface area (Å²) < 4.78 is 4.82. The monoisotopic (exact) mass is 1070 g/mol. The summed E-state index contributed by atoms with van der Waals surface area (Å²) >= 11 is 0. The van der Waals surface area contributed by atoms with Gasteiger partial charge >= 0.3 is 0 Å². The van der Waals surface area contributed by atoms with Crippen molar-refractivity contribution in [1.29, 1.82) is 0 Å². The fourth-order valence-electron chi connectivity index (χ4n) is 15.7. The zero-order valence-corrected chi connectivity index (χ0v) is 46.5. The molecule has 0 radical (unpaired) electrons. The van der Waals surface area contributed by atoms with E-state index in [-0.39, 0.29) is 5.41 Å². The largest absolute Gasteiger partial charge is 0.310 e. The van der Waals surface area contributed by atoms with Gasteiger partial charge in [-0.25, -0.2) is 4.98 Å². The lowest BCUT2D eigenvalue weighted by Gasteiger charge is -2.33.